The fourth-order valence-corrected chi connectivity index (χ4v) is 4.98. The number of pyridine rings is 1. The van der Waals surface area contributed by atoms with Crippen molar-refractivity contribution in [3.63, 3.8) is 0 Å². The fourth-order valence-electron chi connectivity index (χ4n) is 4.98. The van der Waals surface area contributed by atoms with E-state index in [4.69, 9.17) is 13.6 Å². The Bertz CT molecular complexity index is 1930. The summed E-state index contributed by atoms with van der Waals surface area (Å²) < 4.78 is 33.6. The van der Waals surface area contributed by atoms with Crippen LogP contribution in [0.2, 0.25) is 0 Å². The molecule has 7 rings (SSSR count). The molecule has 1 aliphatic heterocycles. The first-order chi connectivity index (χ1) is 16.6. The van der Waals surface area contributed by atoms with Crippen molar-refractivity contribution in [3.05, 3.63) is 92.5 Å². The summed E-state index contributed by atoms with van der Waals surface area (Å²) in [7, 11) is 0. The molecule has 0 radical (unpaired) electrons. The Kier molecular flexibility index (Phi) is 3.79. The van der Waals surface area contributed by atoms with Gasteiger partial charge in [-0.05, 0) is 35.9 Å². The highest BCUT2D eigenvalue weighted by Crippen LogP contribution is 2.43. The number of benzene rings is 2. The van der Waals surface area contributed by atoms with E-state index in [1.165, 1.54) is 18.4 Å². The van der Waals surface area contributed by atoms with Crippen LogP contribution >= 0.6 is 0 Å². The summed E-state index contributed by atoms with van der Waals surface area (Å²) in [4.78, 5) is 29.7. The Hall–Kier alpha value is -4.46. The Labute approximate surface area is 189 Å². The van der Waals surface area contributed by atoms with E-state index in [9.17, 15) is 9.59 Å². The molecule has 6 aromatic rings. The molecule has 34 heavy (non-hydrogen) atoms. The van der Waals surface area contributed by atoms with Gasteiger partial charge in [-0.25, -0.2) is 14.2 Å². The molecule has 4 aromatic heterocycles. The van der Waals surface area contributed by atoms with Gasteiger partial charge in [-0.1, -0.05) is 6.07 Å². The first kappa shape index (κ1) is 19.0. The summed E-state index contributed by atoms with van der Waals surface area (Å²) >= 11 is 0. The number of nitrogens with zero attached hydrogens (tertiary/aromatic N) is 2. The van der Waals surface area contributed by atoms with Crippen LogP contribution in [0.5, 0.6) is 5.75 Å². The van der Waals surface area contributed by atoms with Gasteiger partial charge in [-0.2, -0.15) is 0 Å². The van der Waals surface area contributed by atoms with Crippen LogP contribution in [0.4, 0.5) is 4.39 Å². The van der Waals surface area contributed by atoms with E-state index in [-0.39, 0.29) is 23.5 Å². The lowest BCUT2D eigenvalue weighted by Crippen LogP contribution is -2.09. The summed E-state index contributed by atoms with van der Waals surface area (Å²) in [5.74, 6) is 0.0729. The van der Waals surface area contributed by atoms with Gasteiger partial charge in [0, 0.05) is 41.6 Å². The molecule has 0 spiro atoms. The van der Waals surface area contributed by atoms with Crippen molar-refractivity contribution in [3.8, 4) is 5.75 Å². The van der Waals surface area contributed by atoms with E-state index in [1.807, 2.05) is 12.1 Å². The van der Waals surface area contributed by atoms with Gasteiger partial charge in [0.1, 0.15) is 22.7 Å². The topological polar surface area (TPSA) is 87.5 Å². The van der Waals surface area contributed by atoms with Crippen LogP contribution in [0, 0.1) is 5.82 Å². The summed E-state index contributed by atoms with van der Waals surface area (Å²) in [6, 6.07) is 11.6. The molecule has 0 unspecified atom stereocenters. The minimum atomic E-state index is -0.579. The van der Waals surface area contributed by atoms with E-state index in [1.54, 1.807) is 29.0 Å². The van der Waals surface area contributed by atoms with Crippen LogP contribution in [-0.2, 0) is 13.0 Å². The lowest BCUT2D eigenvalue weighted by molar-refractivity contribution is 0.360. The minimum Gasteiger partial charge on any atom is -0.492 e. The van der Waals surface area contributed by atoms with Crippen molar-refractivity contribution in [2.45, 2.75) is 13.0 Å². The van der Waals surface area contributed by atoms with Gasteiger partial charge in [0.25, 0.3) is 0 Å². The van der Waals surface area contributed by atoms with Crippen LogP contribution in [0.15, 0.2) is 73.3 Å². The van der Waals surface area contributed by atoms with E-state index in [2.05, 4.69) is 4.98 Å². The van der Waals surface area contributed by atoms with Crippen LogP contribution in [0.3, 0.4) is 0 Å². The SMILES string of the molecule is O=c1ccoc2ccc(Cn3c4cc(F)c5c(c4c4c6cccnc6oc(=O)c43)OCC5)cc12. The molecule has 2 aromatic carbocycles. The molecular weight excluding hydrogens is 439 g/mol. The molecule has 0 saturated carbocycles. The molecule has 0 aliphatic carbocycles. The maximum absolute atomic E-state index is 15.1. The molecule has 0 atom stereocenters. The Morgan fingerprint density at radius 1 is 1.06 bits per heavy atom. The number of halogens is 1. The quantitative estimate of drug-likeness (QED) is 0.382. The second-order valence-corrected chi connectivity index (χ2v) is 8.33. The predicted octanol–water partition coefficient (Wildman–Crippen LogP) is 4.52. The van der Waals surface area contributed by atoms with E-state index >= 15 is 4.39 Å². The zero-order valence-corrected chi connectivity index (χ0v) is 17.6. The predicted molar refractivity (Wildman–Crippen MR) is 124 cm³/mol. The number of ether oxygens (including phenoxy) is 1. The highest BCUT2D eigenvalue weighted by atomic mass is 19.1. The summed E-state index contributed by atoms with van der Waals surface area (Å²) in [5.41, 5.74) is 1.98. The van der Waals surface area contributed by atoms with E-state index < -0.39 is 5.63 Å². The maximum Gasteiger partial charge on any atom is 0.362 e. The number of hydrogen-bond donors (Lipinski definition) is 0. The average Bonchev–Trinajstić information content (AvgIpc) is 3.44. The van der Waals surface area contributed by atoms with Crippen molar-refractivity contribution in [2.75, 3.05) is 6.61 Å². The molecule has 7 nitrogen and oxygen atoms in total. The number of aromatic nitrogens is 2. The number of fused-ring (bicyclic) bond motifs is 8. The van der Waals surface area contributed by atoms with Crippen molar-refractivity contribution in [1.82, 2.24) is 9.55 Å². The molecule has 8 heteroatoms. The molecule has 0 saturated heterocycles. The molecule has 166 valence electrons. The lowest BCUT2D eigenvalue weighted by atomic mass is 10.1. The van der Waals surface area contributed by atoms with Crippen molar-refractivity contribution < 1.29 is 18.0 Å². The third-order valence-electron chi connectivity index (χ3n) is 6.44. The number of rotatable bonds is 2. The molecule has 0 bridgehead atoms. The zero-order chi connectivity index (χ0) is 23.0. The largest absolute Gasteiger partial charge is 0.492 e. The molecular formula is C26H15FN2O5. The normalized spacial score (nSPS) is 13.2. The summed E-state index contributed by atoms with van der Waals surface area (Å²) in [6.45, 7) is 0.579. The molecule has 0 N–H and O–H groups in total. The Balaban J connectivity index is 1.61. The minimum absolute atomic E-state index is 0.167. The highest BCUT2D eigenvalue weighted by Gasteiger charge is 2.28. The lowest BCUT2D eigenvalue weighted by Gasteiger charge is -2.09. The van der Waals surface area contributed by atoms with Crippen LogP contribution in [0.1, 0.15) is 11.1 Å². The van der Waals surface area contributed by atoms with Crippen LogP contribution in [-0.4, -0.2) is 16.2 Å². The standard InChI is InChI=1S/C26H15FN2O5/c27-17-11-18-22(24-14(17)5-8-33-24)21-15-2-1-7-28-25(15)34-26(31)23(21)29(18)12-13-3-4-20-16(10-13)19(30)6-9-32-20/h1-4,6-7,9-11H,5,8,12H2. The van der Waals surface area contributed by atoms with Crippen LogP contribution in [0.25, 0.3) is 43.9 Å². The van der Waals surface area contributed by atoms with E-state index in [0.29, 0.717) is 62.5 Å². The van der Waals surface area contributed by atoms with Crippen molar-refractivity contribution in [2.24, 2.45) is 0 Å². The highest BCUT2D eigenvalue weighted by molar-refractivity contribution is 6.21. The summed E-state index contributed by atoms with van der Waals surface area (Å²) in [5, 5.41) is 2.35. The molecule has 5 heterocycles. The average molecular weight is 454 g/mol. The van der Waals surface area contributed by atoms with Gasteiger partial charge in [-0.15, -0.1) is 0 Å². The van der Waals surface area contributed by atoms with Gasteiger partial charge >= 0.3 is 5.63 Å². The third-order valence-corrected chi connectivity index (χ3v) is 6.44. The molecule has 0 fully saturated rings. The Morgan fingerprint density at radius 3 is 2.88 bits per heavy atom. The fraction of sp³-hybridized carbons (Fsp3) is 0.115. The number of hydrogen-bond acceptors (Lipinski definition) is 6. The van der Waals surface area contributed by atoms with Gasteiger partial charge < -0.3 is 18.1 Å². The molecule has 1 aliphatic rings. The van der Waals surface area contributed by atoms with Gasteiger partial charge in [0.2, 0.25) is 5.71 Å². The van der Waals surface area contributed by atoms with Crippen molar-refractivity contribution in [1.29, 1.82) is 0 Å². The first-order valence-corrected chi connectivity index (χ1v) is 10.8. The first-order valence-electron chi connectivity index (χ1n) is 10.8. The van der Waals surface area contributed by atoms with Crippen molar-refractivity contribution >= 4 is 43.9 Å². The van der Waals surface area contributed by atoms with Gasteiger partial charge in [0.05, 0.1) is 29.2 Å². The summed E-state index contributed by atoms with van der Waals surface area (Å²) in [6.07, 6.45) is 3.37. The zero-order valence-electron chi connectivity index (χ0n) is 17.6. The smallest absolute Gasteiger partial charge is 0.362 e. The van der Waals surface area contributed by atoms with Gasteiger partial charge in [-0.3, -0.25) is 4.79 Å². The Morgan fingerprint density at radius 2 is 1.97 bits per heavy atom. The van der Waals surface area contributed by atoms with Crippen LogP contribution < -0.4 is 15.8 Å². The monoisotopic (exact) mass is 454 g/mol. The molecule has 0 amide bonds. The maximum atomic E-state index is 15.1. The third kappa shape index (κ3) is 2.53. The second kappa shape index (κ2) is 6.77. The second-order valence-electron chi connectivity index (χ2n) is 8.33. The van der Waals surface area contributed by atoms with E-state index in [0.717, 1.165) is 5.56 Å². The van der Waals surface area contributed by atoms with Gasteiger partial charge in [0.15, 0.2) is 5.43 Å².